The Bertz CT molecular complexity index is 539. The second kappa shape index (κ2) is 5.42. The predicted molar refractivity (Wildman–Crippen MR) is 72.1 cm³/mol. The molecule has 2 rings (SSSR count). The third-order valence-corrected chi connectivity index (χ3v) is 3.32. The van der Waals surface area contributed by atoms with Crippen LogP contribution in [0.4, 0.5) is 0 Å². The van der Waals surface area contributed by atoms with E-state index in [9.17, 15) is 0 Å². The van der Waals surface area contributed by atoms with Gasteiger partial charge in [-0.2, -0.15) is 0 Å². The van der Waals surface area contributed by atoms with E-state index in [1.807, 2.05) is 29.9 Å². The van der Waals surface area contributed by atoms with Crippen LogP contribution in [0.2, 0.25) is 5.02 Å². The van der Waals surface area contributed by atoms with Crippen molar-refractivity contribution in [2.75, 3.05) is 13.7 Å². The zero-order valence-corrected chi connectivity index (χ0v) is 11.2. The average Bonchev–Trinajstić information content (AvgIpc) is 2.78. The number of nitrogens with two attached hydrogens (primary N) is 1. The Kier molecular flexibility index (Phi) is 3.89. The molecule has 5 heteroatoms. The van der Waals surface area contributed by atoms with E-state index in [0.717, 1.165) is 17.1 Å². The van der Waals surface area contributed by atoms with Crippen molar-refractivity contribution in [3.8, 4) is 5.75 Å². The number of aromatic nitrogens is 2. The van der Waals surface area contributed by atoms with Crippen molar-refractivity contribution in [3.05, 3.63) is 47.0 Å². The summed E-state index contributed by atoms with van der Waals surface area (Å²) in [5, 5.41) is 0.646. The van der Waals surface area contributed by atoms with Crippen molar-refractivity contribution in [1.29, 1.82) is 0 Å². The van der Waals surface area contributed by atoms with Crippen molar-refractivity contribution < 1.29 is 4.74 Å². The van der Waals surface area contributed by atoms with E-state index in [4.69, 9.17) is 22.1 Å². The zero-order chi connectivity index (χ0) is 13.1. The van der Waals surface area contributed by atoms with Crippen molar-refractivity contribution in [2.45, 2.75) is 5.92 Å². The maximum Gasteiger partial charge on any atom is 0.120 e. The molecule has 0 fully saturated rings. The van der Waals surface area contributed by atoms with Crippen molar-refractivity contribution in [3.63, 3.8) is 0 Å². The van der Waals surface area contributed by atoms with Gasteiger partial charge in [-0.25, -0.2) is 4.98 Å². The van der Waals surface area contributed by atoms with Gasteiger partial charge >= 0.3 is 0 Å². The quantitative estimate of drug-likeness (QED) is 0.922. The fourth-order valence-electron chi connectivity index (χ4n) is 2.00. The van der Waals surface area contributed by atoms with E-state index in [0.29, 0.717) is 11.6 Å². The van der Waals surface area contributed by atoms with Crippen LogP contribution in [0.15, 0.2) is 30.6 Å². The number of imidazole rings is 1. The number of ether oxygens (including phenoxy) is 1. The highest BCUT2D eigenvalue weighted by Gasteiger charge is 2.19. The first-order chi connectivity index (χ1) is 8.67. The maximum atomic E-state index is 6.28. The molecule has 1 heterocycles. The van der Waals surface area contributed by atoms with Crippen LogP contribution in [0.1, 0.15) is 17.3 Å². The molecule has 1 unspecified atom stereocenters. The van der Waals surface area contributed by atoms with Crippen LogP contribution in [-0.4, -0.2) is 23.2 Å². The number of hydrogen-bond acceptors (Lipinski definition) is 3. The summed E-state index contributed by atoms with van der Waals surface area (Å²) in [6.07, 6.45) is 3.66. The first-order valence-corrected chi connectivity index (χ1v) is 6.06. The molecule has 0 spiro atoms. The monoisotopic (exact) mass is 265 g/mol. The van der Waals surface area contributed by atoms with E-state index in [2.05, 4.69) is 4.98 Å². The average molecular weight is 266 g/mol. The lowest BCUT2D eigenvalue weighted by Gasteiger charge is -2.17. The molecule has 0 bridgehead atoms. The van der Waals surface area contributed by atoms with E-state index >= 15 is 0 Å². The minimum absolute atomic E-state index is 0.0107. The molecule has 1 aromatic heterocycles. The van der Waals surface area contributed by atoms with Crippen LogP contribution < -0.4 is 10.5 Å². The number of hydrogen-bond donors (Lipinski definition) is 1. The van der Waals surface area contributed by atoms with Gasteiger partial charge in [-0.15, -0.1) is 0 Å². The maximum absolute atomic E-state index is 6.28. The number of aryl methyl sites for hydroxylation is 1. The molecule has 0 saturated carbocycles. The summed E-state index contributed by atoms with van der Waals surface area (Å²) >= 11 is 6.28. The summed E-state index contributed by atoms with van der Waals surface area (Å²) in [7, 11) is 3.56. The Hall–Kier alpha value is -1.52. The molecule has 1 atom stereocenters. The molecule has 0 aliphatic carbocycles. The van der Waals surface area contributed by atoms with Gasteiger partial charge in [0.2, 0.25) is 0 Å². The molecule has 1 aromatic carbocycles. The van der Waals surface area contributed by atoms with E-state index in [1.54, 1.807) is 19.4 Å². The van der Waals surface area contributed by atoms with Gasteiger partial charge in [-0.1, -0.05) is 17.7 Å². The van der Waals surface area contributed by atoms with Crippen molar-refractivity contribution >= 4 is 11.6 Å². The molecule has 2 N–H and O–H groups in total. The molecule has 96 valence electrons. The Morgan fingerprint density at radius 1 is 1.50 bits per heavy atom. The summed E-state index contributed by atoms with van der Waals surface area (Å²) in [5.74, 6) is 1.63. The second-order valence-corrected chi connectivity index (χ2v) is 4.48. The highest BCUT2D eigenvalue weighted by atomic mass is 35.5. The number of halogens is 1. The molecule has 2 aromatic rings. The van der Waals surface area contributed by atoms with Crippen LogP contribution in [0, 0.1) is 0 Å². The Morgan fingerprint density at radius 3 is 2.78 bits per heavy atom. The van der Waals surface area contributed by atoms with E-state index < -0.39 is 0 Å². The summed E-state index contributed by atoms with van der Waals surface area (Å²) in [6.45, 7) is 0.455. The fraction of sp³-hybridized carbons (Fsp3) is 0.308. The van der Waals surface area contributed by atoms with Crippen LogP contribution in [0.3, 0.4) is 0 Å². The predicted octanol–water partition coefficient (Wildman–Crippen LogP) is 2.17. The molecule has 4 nitrogen and oxygen atoms in total. The first kappa shape index (κ1) is 12.9. The number of rotatable bonds is 4. The third-order valence-electron chi connectivity index (χ3n) is 2.99. The number of methoxy groups -OCH3 is 1. The largest absolute Gasteiger partial charge is 0.497 e. The van der Waals surface area contributed by atoms with Gasteiger partial charge in [0.05, 0.1) is 13.0 Å². The number of benzene rings is 1. The smallest absolute Gasteiger partial charge is 0.120 e. The van der Waals surface area contributed by atoms with Gasteiger partial charge in [0, 0.05) is 31.0 Å². The zero-order valence-electron chi connectivity index (χ0n) is 10.4. The summed E-state index contributed by atoms with van der Waals surface area (Å²) < 4.78 is 7.10. The summed E-state index contributed by atoms with van der Waals surface area (Å²) in [4.78, 5) is 4.34. The van der Waals surface area contributed by atoms with Gasteiger partial charge in [0.25, 0.3) is 0 Å². The fourth-order valence-corrected chi connectivity index (χ4v) is 2.30. The van der Waals surface area contributed by atoms with Gasteiger partial charge < -0.3 is 15.0 Å². The SMILES string of the molecule is COc1ccc(C(CN)c2nccn2C)c(Cl)c1. The third kappa shape index (κ3) is 2.35. The van der Waals surface area contributed by atoms with Gasteiger partial charge in [0.15, 0.2) is 0 Å². The Balaban J connectivity index is 2.42. The van der Waals surface area contributed by atoms with Crippen molar-refractivity contribution in [1.82, 2.24) is 9.55 Å². The highest BCUT2D eigenvalue weighted by Crippen LogP contribution is 2.31. The Morgan fingerprint density at radius 2 is 2.28 bits per heavy atom. The lowest BCUT2D eigenvalue weighted by atomic mass is 9.98. The molecule has 0 saturated heterocycles. The van der Waals surface area contributed by atoms with Gasteiger partial charge in [0.1, 0.15) is 11.6 Å². The molecule has 0 amide bonds. The van der Waals surface area contributed by atoms with Crippen LogP contribution in [0.25, 0.3) is 0 Å². The molecular formula is C13H16ClN3O. The van der Waals surface area contributed by atoms with Crippen LogP contribution in [0.5, 0.6) is 5.75 Å². The molecular weight excluding hydrogens is 250 g/mol. The lowest BCUT2D eigenvalue weighted by Crippen LogP contribution is -2.18. The first-order valence-electron chi connectivity index (χ1n) is 5.68. The van der Waals surface area contributed by atoms with E-state index in [-0.39, 0.29) is 5.92 Å². The van der Waals surface area contributed by atoms with Gasteiger partial charge in [-0.05, 0) is 17.7 Å². The van der Waals surface area contributed by atoms with Gasteiger partial charge in [-0.3, -0.25) is 0 Å². The Labute approximate surface area is 111 Å². The molecule has 0 aliphatic rings. The topological polar surface area (TPSA) is 53.1 Å². The standard InChI is InChI=1S/C13H16ClN3O/c1-17-6-5-16-13(17)11(8-15)10-4-3-9(18-2)7-12(10)14/h3-7,11H,8,15H2,1-2H3. The molecule has 18 heavy (non-hydrogen) atoms. The normalized spacial score (nSPS) is 12.4. The van der Waals surface area contributed by atoms with E-state index in [1.165, 1.54) is 0 Å². The lowest BCUT2D eigenvalue weighted by molar-refractivity contribution is 0.414. The van der Waals surface area contributed by atoms with Crippen LogP contribution in [-0.2, 0) is 7.05 Å². The van der Waals surface area contributed by atoms with Crippen LogP contribution >= 0.6 is 11.6 Å². The summed E-state index contributed by atoms with van der Waals surface area (Å²) in [6, 6.07) is 5.61. The highest BCUT2D eigenvalue weighted by molar-refractivity contribution is 6.31. The minimum Gasteiger partial charge on any atom is -0.497 e. The second-order valence-electron chi connectivity index (χ2n) is 4.07. The van der Waals surface area contributed by atoms with Crippen molar-refractivity contribution in [2.24, 2.45) is 12.8 Å². The molecule has 0 aliphatic heterocycles. The molecule has 0 radical (unpaired) electrons. The summed E-state index contributed by atoms with van der Waals surface area (Å²) in [5.41, 5.74) is 6.83. The number of nitrogens with zero attached hydrogens (tertiary/aromatic N) is 2. The minimum atomic E-state index is -0.0107.